The second-order valence-electron chi connectivity index (χ2n) is 5.58. The monoisotopic (exact) mass is 265 g/mol. The van der Waals surface area contributed by atoms with Gasteiger partial charge in [0, 0.05) is 6.42 Å². The predicted octanol–water partition coefficient (Wildman–Crippen LogP) is 4.50. The van der Waals surface area contributed by atoms with Crippen LogP contribution in [0, 0.1) is 0 Å². The van der Waals surface area contributed by atoms with E-state index in [4.69, 9.17) is 0 Å². The Morgan fingerprint density at radius 2 is 1.58 bits per heavy atom. The van der Waals surface area contributed by atoms with Crippen LogP contribution in [0.4, 0.5) is 0 Å². The van der Waals surface area contributed by atoms with Crippen molar-refractivity contribution < 1.29 is 4.57 Å². The maximum atomic E-state index is 2.46. The molecule has 2 heteroatoms. The summed E-state index contributed by atoms with van der Waals surface area (Å²) in [6.45, 7) is 9.16. The Morgan fingerprint density at radius 3 is 2.21 bits per heavy atom. The molecule has 1 rings (SSSR count). The van der Waals surface area contributed by atoms with E-state index in [1.165, 1.54) is 63.7 Å². The Balaban J connectivity index is 2.25. The van der Waals surface area contributed by atoms with Gasteiger partial charge >= 0.3 is 0 Å². The minimum atomic E-state index is 1.14. The Hall–Kier alpha value is -0.790. The minimum absolute atomic E-state index is 1.14. The summed E-state index contributed by atoms with van der Waals surface area (Å²) >= 11 is 0. The van der Waals surface area contributed by atoms with E-state index < -0.39 is 0 Å². The van der Waals surface area contributed by atoms with Gasteiger partial charge in [-0.3, -0.25) is 0 Å². The molecule has 0 spiro atoms. The first-order chi connectivity index (χ1) is 9.33. The molecule has 0 unspecified atom stereocenters. The molecular weight excluding hydrogens is 232 g/mol. The van der Waals surface area contributed by atoms with Gasteiger partial charge in [-0.05, 0) is 19.3 Å². The lowest BCUT2D eigenvalue weighted by Gasteiger charge is -2.03. The Kier molecular flexibility index (Phi) is 8.61. The van der Waals surface area contributed by atoms with Gasteiger partial charge < -0.3 is 0 Å². The van der Waals surface area contributed by atoms with Crippen LogP contribution >= 0.6 is 0 Å². The van der Waals surface area contributed by atoms with Crippen molar-refractivity contribution in [2.75, 3.05) is 0 Å². The molecule has 0 atom stereocenters. The lowest BCUT2D eigenvalue weighted by molar-refractivity contribution is -0.703. The Bertz CT molecular complexity index is 328. The van der Waals surface area contributed by atoms with E-state index >= 15 is 0 Å². The van der Waals surface area contributed by atoms with Crippen LogP contribution in [0.3, 0.4) is 0 Å². The van der Waals surface area contributed by atoms with Gasteiger partial charge in [0.25, 0.3) is 5.82 Å². The topological polar surface area (TPSA) is 8.81 Å². The summed E-state index contributed by atoms with van der Waals surface area (Å²) in [7, 11) is 0. The number of aromatic nitrogens is 2. The molecule has 0 aliphatic heterocycles. The molecule has 0 saturated heterocycles. The molecule has 110 valence electrons. The van der Waals surface area contributed by atoms with Crippen LogP contribution in [0.2, 0.25) is 0 Å². The van der Waals surface area contributed by atoms with Crippen LogP contribution in [0.1, 0.15) is 78.0 Å². The molecule has 1 aromatic rings. The normalized spacial score (nSPS) is 11.1. The van der Waals surface area contributed by atoms with E-state index in [0.29, 0.717) is 0 Å². The van der Waals surface area contributed by atoms with Crippen LogP contribution in [0.5, 0.6) is 0 Å². The smallest absolute Gasteiger partial charge is 0.234 e. The van der Waals surface area contributed by atoms with Crippen molar-refractivity contribution in [2.45, 2.75) is 91.6 Å². The van der Waals surface area contributed by atoms with Crippen molar-refractivity contribution in [3.05, 3.63) is 18.2 Å². The quantitative estimate of drug-likeness (QED) is 0.411. The fourth-order valence-electron chi connectivity index (χ4n) is 2.79. The first kappa shape index (κ1) is 16.3. The van der Waals surface area contributed by atoms with Crippen LogP contribution in [0.25, 0.3) is 0 Å². The van der Waals surface area contributed by atoms with Gasteiger partial charge in [0.1, 0.15) is 12.4 Å². The van der Waals surface area contributed by atoms with Crippen molar-refractivity contribution in [2.24, 2.45) is 0 Å². The zero-order valence-electron chi connectivity index (χ0n) is 13.3. The second kappa shape index (κ2) is 10.1. The highest BCUT2D eigenvalue weighted by atomic mass is 15.1. The van der Waals surface area contributed by atoms with Crippen molar-refractivity contribution in [1.29, 1.82) is 0 Å². The third-order valence-corrected chi connectivity index (χ3v) is 3.87. The van der Waals surface area contributed by atoms with Crippen molar-refractivity contribution >= 4 is 0 Å². The first-order valence-electron chi connectivity index (χ1n) is 8.40. The van der Waals surface area contributed by atoms with Gasteiger partial charge in [-0.1, -0.05) is 52.9 Å². The molecule has 0 bridgehead atoms. The van der Waals surface area contributed by atoms with E-state index in [1.54, 1.807) is 0 Å². The molecule has 1 aromatic heterocycles. The van der Waals surface area contributed by atoms with E-state index in [2.05, 4.69) is 42.3 Å². The minimum Gasteiger partial charge on any atom is -0.234 e. The Morgan fingerprint density at radius 1 is 0.895 bits per heavy atom. The van der Waals surface area contributed by atoms with Crippen molar-refractivity contribution in [3.63, 3.8) is 0 Å². The highest BCUT2D eigenvalue weighted by Crippen LogP contribution is 2.08. The summed E-state index contributed by atoms with van der Waals surface area (Å²) in [4.78, 5) is 0. The average molecular weight is 265 g/mol. The van der Waals surface area contributed by atoms with Gasteiger partial charge in [0.05, 0.1) is 13.1 Å². The molecule has 1 heterocycles. The van der Waals surface area contributed by atoms with Crippen LogP contribution in [-0.2, 0) is 19.5 Å². The van der Waals surface area contributed by atoms with Crippen LogP contribution < -0.4 is 4.57 Å². The van der Waals surface area contributed by atoms with Gasteiger partial charge in [-0.2, -0.15) is 0 Å². The third-order valence-electron chi connectivity index (χ3n) is 3.87. The zero-order valence-corrected chi connectivity index (χ0v) is 13.3. The number of rotatable bonds is 11. The summed E-state index contributed by atoms with van der Waals surface area (Å²) in [5.41, 5.74) is 0. The molecule has 0 amide bonds. The lowest BCUT2D eigenvalue weighted by Crippen LogP contribution is -2.36. The van der Waals surface area contributed by atoms with Crippen LogP contribution in [-0.4, -0.2) is 4.57 Å². The molecule has 0 aliphatic carbocycles. The number of hydrogen-bond acceptors (Lipinski definition) is 0. The van der Waals surface area contributed by atoms with E-state index in [1.807, 2.05) is 0 Å². The number of unbranched alkanes of at least 4 members (excludes halogenated alkanes) is 6. The zero-order chi connectivity index (χ0) is 13.9. The fraction of sp³-hybridized carbons (Fsp3) is 0.824. The number of hydrogen-bond donors (Lipinski definition) is 0. The number of nitrogens with zero attached hydrogens (tertiary/aromatic N) is 2. The standard InChI is InChI=1S/C17H33N2/c1-4-7-8-9-10-11-12-14-19-16-15-18(13-5-2)17(19)6-3/h15-16H,4-14H2,1-3H3/q+1. The molecule has 0 fully saturated rings. The van der Waals surface area contributed by atoms with Crippen LogP contribution in [0.15, 0.2) is 12.4 Å². The van der Waals surface area contributed by atoms with Crippen molar-refractivity contribution in [3.8, 4) is 0 Å². The lowest BCUT2D eigenvalue weighted by atomic mass is 10.1. The average Bonchev–Trinajstić information content (AvgIpc) is 2.80. The highest BCUT2D eigenvalue weighted by molar-refractivity contribution is 4.82. The van der Waals surface area contributed by atoms with Crippen molar-refractivity contribution in [1.82, 2.24) is 4.57 Å². The van der Waals surface area contributed by atoms with Gasteiger partial charge in [-0.15, -0.1) is 0 Å². The first-order valence-corrected chi connectivity index (χ1v) is 8.40. The molecule has 0 saturated carbocycles. The highest BCUT2D eigenvalue weighted by Gasteiger charge is 2.13. The maximum Gasteiger partial charge on any atom is 0.256 e. The molecule has 0 radical (unpaired) electrons. The summed E-state index contributed by atoms with van der Waals surface area (Å²) in [5.74, 6) is 1.49. The Labute approximate surface area is 119 Å². The summed E-state index contributed by atoms with van der Waals surface area (Å²) in [5, 5.41) is 0. The predicted molar refractivity (Wildman–Crippen MR) is 82.3 cm³/mol. The molecule has 19 heavy (non-hydrogen) atoms. The third kappa shape index (κ3) is 5.80. The SMILES string of the molecule is CCCCCCCCCn1cc[n+](CCC)c1CC. The maximum absolute atomic E-state index is 2.46. The fourth-order valence-corrected chi connectivity index (χ4v) is 2.79. The summed E-state index contributed by atoms with van der Waals surface area (Å²) in [6, 6.07) is 0. The molecule has 0 aromatic carbocycles. The van der Waals surface area contributed by atoms with Gasteiger partial charge in [0.15, 0.2) is 0 Å². The summed E-state index contributed by atoms with van der Waals surface area (Å²) in [6.07, 6.45) is 16.6. The summed E-state index contributed by atoms with van der Waals surface area (Å²) < 4.78 is 4.88. The number of aryl methyl sites for hydroxylation is 2. The van der Waals surface area contributed by atoms with Gasteiger partial charge in [0.2, 0.25) is 0 Å². The molecule has 0 aliphatic rings. The largest absolute Gasteiger partial charge is 0.256 e. The molecule has 0 N–H and O–H groups in total. The number of imidazole rings is 1. The van der Waals surface area contributed by atoms with E-state index in [9.17, 15) is 0 Å². The van der Waals surface area contributed by atoms with Gasteiger partial charge in [-0.25, -0.2) is 9.13 Å². The second-order valence-corrected chi connectivity index (χ2v) is 5.58. The van der Waals surface area contributed by atoms with E-state index in [0.717, 1.165) is 13.0 Å². The molecular formula is C17H33N2+. The van der Waals surface area contributed by atoms with E-state index in [-0.39, 0.29) is 0 Å². The molecule has 2 nitrogen and oxygen atoms in total.